The lowest BCUT2D eigenvalue weighted by molar-refractivity contribution is -0.129. The minimum Gasteiger partial charge on any atom is -0.302 e. The Balaban J connectivity index is 2.73. The van der Waals surface area contributed by atoms with Crippen LogP contribution >= 0.6 is 0 Å². The number of hydrogen-bond acceptors (Lipinski definition) is 2. The van der Waals surface area contributed by atoms with Crippen molar-refractivity contribution in [2.45, 2.75) is 46.1 Å². The summed E-state index contributed by atoms with van der Waals surface area (Å²) in [6.07, 6.45) is 3.72. The average molecular weight is 183 g/mol. The highest BCUT2D eigenvalue weighted by molar-refractivity contribution is 5.82. The van der Waals surface area contributed by atoms with E-state index >= 15 is 0 Å². The van der Waals surface area contributed by atoms with Crippen molar-refractivity contribution in [2.24, 2.45) is 5.41 Å². The van der Waals surface area contributed by atoms with Gasteiger partial charge in [0.15, 0.2) is 0 Å². The summed E-state index contributed by atoms with van der Waals surface area (Å²) in [5.74, 6) is 0.311. The molecule has 1 aliphatic heterocycles. The smallest absolute Gasteiger partial charge is 0.136 e. The number of piperidine rings is 1. The van der Waals surface area contributed by atoms with Gasteiger partial charge >= 0.3 is 0 Å². The van der Waals surface area contributed by atoms with Crippen LogP contribution in [0.2, 0.25) is 0 Å². The van der Waals surface area contributed by atoms with E-state index in [-0.39, 0.29) is 5.41 Å². The maximum atomic E-state index is 11.5. The van der Waals surface area contributed by atoms with Gasteiger partial charge in [0.05, 0.1) is 0 Å². The number of nitrogens with zero attached hydrogens (tertiary/aromatic N) is 1. The first-order valence-corrected chi connectivity index (χ1v) is 5.17. The van der Waals surface area contributed by atoms with Crippen LogP contribution in [0.5, 0.6) is 0 Å². The molecule has 0 saturated carbocycles. The number of carbonyl (C=O) groups excluding carboxylic acids is 1. The second kappa shape index (κ2) is 3.79. The SMILES string of the molecule is CC(=O)C(C)(C)C1CCCCN1C. The third-order valence-corrected chi connectivity index (χ3v) is 3.51. The summed E-state index contributed by atoms with van der Waals surface area (Å²) in [6, 6.07) is 0.443. The zero-order valence-electron chi connectivity index (χ0n) is 9.26. The van der Waals surface area contributed by atoms with Crippen LogP contribution in [0.3, 0.4) is 0 Å². The van der Waals surface area contributed by atoms with E-state index in [0.29, 0.717) is 11.8 Å². The van der Waals surface area contributed by atoms with Crippen molar-refractivity contribution in [3.8, 4) is 0 Å². The molecule has 1 heterocycles. The fourth-order valence-electron chi connectivity index (χ4n) is 2.22. The van der Waals surface area contributed by atoms with Crippen molar-refractivity contribution in [2.75, 3.05) is 13.6 Å². The topological polar surface area (TPSA) is 20.3 Å². The molecule has 76 valence electrons. The van der Waals surface area contributed by atoms with Crippen LogP contribution in [0.15, 0.2) is 0 Å². The predicted octanol–water partition coefficient (Wildman–Crippen LogP) is 2.09. The van der Waals surface area contributed by atoms with Crippen molar-refractivity contribution in [3.63, 3.8) is 0 Å². The van der Waals surface area contributed by atoms with Gasteiger partial charge in [0.1, 0.15) is 5.78 Å². The molecule has 2 heteroatoms. The molecule has 1 atom stereocenters. The maximum Gasteiger partial charge on any atom is 0.136 e. The molecule has 1 saturated heterocycles. The Morgan fingerprint density at radius 2 is 2.00 bits per heavy atom. The molecule has 1 rings (SSSR count). The zero-order valence-corrected chi connectivity index (χ0v) is 9.26. The zero-order chi connectivity index (χ0) is 10.1. The second-order valence-electron chi connectivity index (χ2n) is 4.77. The van der Waals surface area contributed by atoms with Crippen LogP contribution in [0.25, 0.3) is 0 Å². The number of carbonyl (C=O) groups is 1. The second-order valence-corrected chi connectivity index (χ2v) is 4.77. The van der Waals surface area contributed by atoms with Crippen molar-refractivity contribution < 1.29 is 4.79 Å². The van der Waals surface area contributed by atoms with Crippen LogP contribution in [0.1, 0.15) is 40.0 Å². The Labute approximate surface area is 81.3 Å². The van der Waals surface area contributed by atoms with Gasteiger partial charge in [-0.05, 0) is 33.4 Å². The molecule has 13 heavy (non-hydrogen) atoms. The molecule has 2 nitrogen and oxygen atoms in total. The number of likely N-dealkylation sites (tertiary alicyclic amines) is 1. The van der Waals surface area contributed by atoms with E-state index in [0.717, 1.165) is 6.54 Å². The van der Waals surface area contributed by atoms with Gasteiger partial charge in [-0.1, -0.05) is 20.3 Å². The van der Waals surface area contributed by atoms with E-state index in [1.807, 2.05) is 0 Å². The number of ketones is 1. The molecular formula is C11H21NO. The lowest BCUT2D eigenvalue weighted by Crippen LogP contribution is -2.49. The normalized spacial score (nSPS) is 26.0. The molecule has 0 aromatic carbocycles. The summed E-state index contributed by atoms with van der Waals surface area (Å²) in [4.78, 5) is 13.8. The Kier molecular flexibility index (Phi) is 3.12. The molecule has 1 fully saturated rings. The summed E-state index contributed by atoms with van der Waals surface area (Å²) in [5.41, 5.74) is -0.171. The van der Waals surface area contributed by atoms with E-state index in [9.17, 15) is 4.79 Å². The first kappa shape index (κ1) is 10.7. The van der Waals surface area contributed by atoms with Crippen LogP contribution in [0, 0.1) is 5.41 Å². The minimum absolute atomic E-state index is 0.171. The third kappa shape index (κ3) is 2.11. The van der Waals surface area contributed by atoms with Gasteiger partial charge in [-0.15, -0.1) is 0 Å². The van der Waals surface area contributed by atoms with E-state index in [4.69, 9.17) is 0 Å². The van der Waals surface area contributed by atoms with E-state index in [1.165, 1.54) is 19.3 Å². The minimum atomic E-state index is -0.171. The van der Waals surface area contributed by atoms with Crippen molar-refractivity contribution >= 4 is 5.78 Å². The largest absolute Gasteiger partial charge is 0.302 e. The molecule has 0 aromatic rings. The summed E-state index contributed by atoms with van der Waals surface area (Å²) in [7, 11) is 2.13. The van der Waals surface area contributed by atoms with Crippen LogP contribution in [-0.2, 0) is 4.79 Å². The number of hydrogen-bond donors (Lipinski definition) is 0. The van der Waals surface area contributed by atoms with Gasteiger partial charge in [0, 0.05) is 11.5 Å². The van der Waals surface area contributed by atoms with Gasteiger partial charge in [-0.2, -0.15) is 0 Å². The van der Waals surface area contributed by atoms with Crippen molar-refractivity contribution in [1.82, 2.24) is 4.90 Å². The third-order valence-electron chi connectivity index (χ3n) is 3.51. The Morgan fingerprint density at radius 1 is 1.38 bits per heavy atom. The highest BCUT2D eigenvalue weighted by Gasteiger charge is 2.37. The van der Waals surface area contributed by atoms with Crippen LogP contribution in [-0.4, -0.2) is 30.3 Å². The van der Waals surface area contributed by atoms with Crippen molar-refractivity contribution in [3.05, 3.63) is 0 Å². The molecule has 0 aromatic heterocycles. The van der Waals surface area contributed by atoms with Crippen LogP contribution < -0.4 is 0 Å². The fourth-order valence-corrected chi connectivity index (χ4v) is 2.22. The summed E-state index contributed by atoms with van der Waals surface area (Å²) in [6.45, 7) is 6.99. The summed E-state index contributed by atoms with van der Waals surface area (Å²) >= 11 is 0. The molecule has 0 N–H and O–H groups in total. The standard InChI is InChI=1S/C11H21NO/c1-9(13)11(2,3)10-7-5-6-8-12(10)4/h10H,5-8H2,1-4H3. The first-order chi connectivity index (χ1) is 5.96. The van der Waals surface area contributed by atoms with E-state index < -0.39 is 0 Å². The first-order valence-electron chi connectivity index (χ1n) is 5.17. The monoisotopic (exact) mass is 183 g/mol. The Morgan fingerprint density at radius 3 is 2.46 bits per heavy atom. The summed E-state index contributed by atoms with van der Waals surface area (Å²) in [5, 5.41) is 0. The molecule has 0 radical (unpaired) electrons. The lowest BCUT2D eigenvalue weighted by Gasteiger charge is -2.41. The van der Waals surface area contributed by atoms with Gasteiger partial charge in [-0.25, -0.2) is 0 Å². The van der Waals surface area contributed by atoms with E-state index in [1.54, 1.807) is 6.92 Å². The molecular weight excluding hydrogens is 162 g/mol. The maximum absolute atomic E-state index is 11.5. The summed E-state index contributed by atoms with van der Waals surface area (Å²) < 4.78 is 0. The highest BCUT2D eigenvalue weighted by atomic mass is 16.1. The molecule has 1 unspecified atom stereocenters. The molecule has 0 amide bonds. The van der Waals surface area contributed by atoms with E-state index in [2.05, 4.69) is 25.8 Å². The fraction of sp³-hybridized carbons (Fsp3) is 0.909. The Hall–Kier alpha value is -0.370. The predicted molar refractivity (Wildman–Crippen MR) is 54.7 cm³/mol. The molecule has 0 aliphatic carbocycles. The highest BCUT2D eigenvalue weighted by Crippen LogP contribution is 2.31. The number of Topliss-reactive ketones (excluding diaryl/α,β-unsaturated/α-hetero) is 1. The van der Waals surface area contributed by atoms with Crippen LogP contribution in [0.4, 0.5) is 0 Å². The van der Waals surface area contributed by atoms with Gasteiger partial charge in [-0.3, -0.25) is 4.79 Å². The Bertz CT molecular complexity index is 198. The van der Waals surface area contributed by atoms with Crippen molar-refractivity contribution in [1.29, 1.82) is 0 Å². The quantitative estimate of drug-likeness (QED) is 0.653. The lowest BCUT2D eigenvalue weighted by atomic mass is 9.76. The van der Waals surface area contributed by atoms with Gasteiger partial charge < -0.3 is 4.90 Å². The molecule has 0 spiro atoms. The number of rotatable bonds is 2. The molecule has 0 bridgehead atoms. The van der Waals surface area contributed by atoms with Gasteiger partial charge in [0.2, 0.25) is 0 Å². The van der Waals surface area contributed by atoms with Gasteiger partial charge in [0.25, 0.3) is 0 Å². The molecule has 1 aliphatic rings. The average Bonchev–Trinajstić information content (AvgIpc) is 2.04.